The number of hydrogen-bond acceptors (Lipinski definition) is 3. The quantitative estimate of drug-likeness (QED) is 0.829. The molecule has 1 heterocycles. The van der Waals surface area contributed by atoms with Gasteiger partial charge in [0.15, 0.2) is 0 Å². The Morgan fingerprint density at radius 2 is 2.21 bits per heavy atom. The Hall–Kier alpha value is -0.800. The lowest BCUT2D eigenvalue weighted by molar-refractivity contribution is 0.636. The van der Waals surface area contributed by atoms with Crippen molar-refractivity contribution >= 4 is 17.4 Å². The number of anilines is 1. The SMILES string of the molecule is CCNCc1cnc(N(CC2CC2)C(C)C)c(Cl)c1. The van der Waals surface area contributed by atoms with Gasteiger partial charge in [-0.05, 0) is 50.8 Å². The first-order valence-electron chi connectivity index (χ1n) is 7.23. The molecule has 19 heavy (non-hydrogen) atoms. The van der Waals surface area contributed by atoms with E-state index in [2.05, 4.69) is 36.0 Å². The van der Waals surface area contributed by atoms with Crippen LogP contribution in [0.25, 0.3) is 0 Å². The number of pyridine rings is 1. The van der Waals surface area contributed by atoms with Crippen LogP contribution in [0.15, 0.2) is 12.3 Å². The predicted octanol–water partition coefficient (Wildman–Crippen LogP) is 3.47. The van der Waals surface area contributed by atoms with Gasteiger partial charge in [-0.3, -0.25) is 0 Å². The summed E-state index contributed by atoms with van der Waals surface area (Å²) in [5.41, 5.74) is 1.14. The number of nitrogens with one attached hydrogen (secondary N) is 1. The first-order valence-corrected chi connectivity index (χ1v) is 7.61. The van der Waals surface area contributed by atoms with E-state index in [9.17, 15) is 0 Å². The van der Waals surface area contributed by atoms with Crippen LogP contribution in [-0.2, 0) is 6.54 Å². The number of aromatic nitrogens is 1. The lowest BCUT2D eigenvalue weighted by Gasteiger charge is -2.28. The van der Waals surface area contributed by atoms with Gasteiger partial charge in [0.25, 0.3) is 0 Å². The van der Waals surface area contributed by atoms with Crippen molar-refractivity contribution < 1.29 is 0 Å². The van der Waals surface area contributed by atoms with Crippen LogP contribution in [-0.4, -0.2) is 24.1 Å². The van der Waals surface area contributed by atoms with Crippen molar-refractivity contribution in [3.05, 3.63) is 22.8 Å². The molecule has 1 N–H and O–H groups in total. The Morgan fingerprint density at radius 3 is 2.74 bits per heavy atom. The van der Waals surface area contributed by atoms with Crippen molar-refractivity contribution in [2.24, 2.45) is 5.92 Å². The van der Waals surface area contributed by atoms with E-state index in [-0.39, 0.29) is 0 Å². The highest BCUT2D eigenvalue weighted by Gasteiger charge is 2.27. The third-order valence-electron chi connectivity index (χ3n) is 3.50. The van der Waals surface area contributed by atoms with Crippen molar-refractivity contribution in [2.75, 3.05) is 18.0 Å². The molecule has 1 saturated carbocycles. The third kappa shape index (κ3) is 4.08. The lowest BCUT2D eigenvalue weighted by Crippen LogP contribution is -2.33. The van der Waals surface area contributed by atoms with Gasteiger partial charge >= 0.3 is 0 Å². The van der Waals surface area contributed by atoms with Crippen LogP contribution in [0.3, 0.4) is 0 Å². The van der Waals surface area contributed by atoms with Gasteiger partial charge < -0.3 is 10.2 Å². The maximum Gasteiger partial charge on any atom is 0.147 e. The molecule has 2 rings (SSSR count). The normalized spacial score (nSPS) is 15.0. The zero-order valence-electron chi connectivity index (χ0n) is 12.1. The smallest absolute Gasteiger partial charge is 0.147 e. The minimum Gasteiger partial charge on any atom is -0.353 e. The van der Waals surface area contributed by atoms with E-state index in [1.54, 1.807) is 0 Å². The fourth-order valence-electron chi connectivity index (χ4n) is 2.17. The molecule has 1 aromatic rings. The van der Waals surface area contributed by atoms with E-state index in [1.165, 1.54) is 12.8 Å². The summed E-state index contributed by atoms with van der Waals surface area (Å²) in [7, 11) is 0. The summed E-state index contributed by atoms with van der Waals surface area (Å²) in [6.07, 6.45) is 4.63. The highest BCUT2D eigenvalue weighted by atomic mass is 35.5. The molecule has 0 radical (unpaired) electrons. The summed E-state index contributed by atoms with van der Waals surface area (Å²) in [4.78, 5) is 6.92. The molecule has 0 unspecified atom stereocenters. The minimum atomic E-state index is 0.435. The summed E-state index contributed by atoms with van der Waals surface area (Å²) in [5, 5.41) is 4.06. The lowest BCUT2D eigenvalue weighted by atomic mass is 10.2. The highest BCUT2D eigenvalue weighted by Crippen LogP contribution is 2.34. The molecule has 0 amide bonds. The zero-order valence-corrected chi connectivity index (χ0v) is 12.9. The van der Waals surface area contributed by atoms with E-state index < -0.39 is 0 Å². The van der Waals surface area contributed by atoms with Crippen LogP contribution in [0, 0.1) is 5.92 Å². The van der Waals surface area contributed by atoms with Gasteiger partial charge in [-0.25, -0.2) is 4.98 Å². The number of rotatable bonds is 7. The van der Waals surface area contributed by atoms with Crippen molar-refractivity contribution in [3.8, 4) is 0 Å². The standard InChI is InChI=1S/C15H24ClN3/c1-4-17-8-13-7-14(16)15(18-9-13)19(11(2)3)10-12-5-6-12/h7,9,11-12,17H,4-6,8,10H2,1-3H3. The second kappa shape index (κ2) is 6.58. The van der Waals surface area contributed by atoms with Crippen molar-refractivity contribution in [3.63, 3.8) is 0 Å². The Balaban J connectivity index is 2.12. The van der Waals surface area contributed by atoms with Crippen LogP contribution in [0.4, 0.5) is 5.82 Å². The summed E-state index contributed by atoms with van der Waals surface area (Å²) in [6.45, 7) is 9.36. The van der Waals surface area contributed by atoms with Gasteiger partial charge in [0.1, 0.15) is 5.82 Å². The van der Waals surface area contributed by atoms with E-state index >= 15 is 0 Å². The van der Waals surface area contributed by atoms with Gasteiger partial charge in [-0.2, -0.15) is 0 Å². The van der Waals surface area contributed by atoms with Gasteiger partial charge in [0, 0.05) is 25.3 Å². The topological polar surface area (TPSA) is 28.2 Å². The Kier molecular flexibility index (Phi) is 5.06. The minimum absolute atomic E-state index is 0.435. The van der Waals surface area contributed by atoms with Crippen LogP contribution in [0.1, 0.15) is 39.2 Å². The third-order valence-corrected chi connectivity index (χ3v) is 3.78. The molecule has 1 fully saturated rings. The molecule has 0 spiro atoms. The molecule has 1 aliphatic rings. The molecule has 0 aliphatic heterocycles. The molecular formula is C15H24ClN3. The Morgan fingerprint density at radius 1 is 1.47 bits per heavy atom. The number of halogens is 1. The molecule has 1 aromatic heterocycles. The van der Waals surface area contributed by atoms with Crippen LogP contribution >= 0.6 is 11.6 Å². The Labute approximate surface area is 121 Å². The van der Waals surface area contributed by atoms with E-state index in [0.717, 1.165) is 42.0 Å². The number of nitrogens with zero attached hydrogens (tertiary/aromatic N) is 2. The largest absolute Gasteiger partial charge is 0.353 e. The maximum atomic E-state index is 6.42. The van der Waals surface area contributed by atoms with Crippen molar-refractivity contribution in [1.82, 2.24) is 10.3 Å². The second-order valence-corrected chi connectivity index (χ2v) is 6.03. The van der Waals surface area contributed by atoms with Crippen molar-refractivity contribution in [1.29, 1.82) is 0 Å². The van der Waals surface area contributed by atoms with Crippen LogP contribution < -0.4 is 10.2 Å². The predicted molar refractivity (Wildman–Crippen MR) is 81.8 cm³/mol. The summed E-state index contributed by atoms with van der Waals surface area (Å²) >= 11 is 6.42. The molecule has 106 valence electrons. The van der Waals surface area contributed by atoms with Crippen LogP contribution in [0.2, 0.25) is 5.02 Å². The maximum absolute atomic E-state index is 6.42. The average Bonchev–Trinajstić information content (AvgIpc) is 3.18. The summed E-state index contributed by atoms with van der Waals surface area (Å²) in [5.74, 6) is 1.77. The Bertz CT molecular complexity index is 416. The van der Waals surface area contributed by atoms with E-state index in [0.29, 0.717) is 6.04 Å². The first kappa shape index (κ1) is 14.6. The summed E-state index contributed by atoms with van der Waals surface area (Å²) in [6, 6.07) is 2.47. The second-order valence-electron chi connectivity index (χ2n) is 5.62. The molecule has 0 bridgehead atoms. The molecule has 0 atom stereocenters. The fourth-order valence-corrected chi connectivity index (χ4v) is 2.47. The molecule has 0 saturated heterocycles. The molecular weight excluding hydrogens is 258 g/mol. The number of hydrogen-bond donors (Lipinski definition) is 1. The van der Waals surface area contributed by atoms with Gasteiger partial charge in [-0.1, -0.05) is 18.5 Å². The van der Waals surface area contributed by atoms with E-state index in [4.69, 9.17) is 11.6 Å². The first-order chi connectivity index (χ1) is 9.11. The monoisotopic (exact) mass is 281 g/mol. The summed E-state index contributed by atoms with van der Waals surface area (Å²) < 4.78 is 0. The van der Waals surface area contributed by atoms with E-state index in [1.807, 2.05) is 12.3 Å². The van der Waals surface area contributed by atoms with Gasteiger partial charge in [0.05, 0.1) is 5.02 Å². The average molecular weight is 282 g/mol. The molecule has 0 aromatic carbocycles. The van der Waals surface area contributed by atoms with Gasteiger partial charge in [0.2, 0.25) is 0 Å². The molecule has 3 nitrogen and oxygen atoms in total. The zero-order chi connectivity index (χ0) is 13.8. The molecule has 1 aliphatic carbocycles. The highest BCUT2D eigenvalue weighted by molar-refractivity contribution is 6.33. The van der Waals surface area contributed by atoms with Crippen LogP contribution in [0.5, 0.6) is 0 Å². The fraction of sp³-hybridized carbons (Fsp3) is 0.667. The van der Waals surface area contributed by atoms with Crippen molar-refractivity contribution in [2.45, 2.75) is 46.2 Å². The van der Waals surface area contributed by atoms with Gasteiger partial charge in [-0.15, -0.1) is 0 Å². The molecule has 4 heteroatoms.